The average Bonchev–Trinajstić information content (AvgIpc) is 2.18. The van der Waals surface area contributed by atoms with Gasteiger partial charge in [0.05, 0.1) is 4.90 Å². The summed E-state index contributed by atoms with van der Waals surface area (Å²) in [6.07, 6.45) is 0. The minimum atomic E-state index is -3.29. The Kier molecular flexibility index (Phi) is 4.37. The first-order chi connectivity index (χ1) is 6.10. The van der Waals surface area contributed by atoms with E-state index in [0.29, 0.717) is 0 Å². The van der Waals surface area contributed by atoms with E-state index in [2.05, 4.69) is 11.9 Å². The number of rotatable bonds is 3. The Morgan fingerprint density at radius 3 is 2.14 bits per heavy atom. The first kappa shape index (κ1) is 12.7. The average molecular weight is 213 g/mol. The lowest BCUT2D eigenvalue weighted by Crippen LogP contribution is -1.95. The van der Waals surface area contributed by atoms with Gasteiger partial charge in [0.1, 0.15) is 0 Å². The lowest BCUT2D eigenvalue weighted by atomic mass is 10.3. The summed E-state index contributed by atoms with van der Waals surface area (Å²) in [6, 6.07) is 6.50. The SMILES string of the molecule is C.C=CS(=O)(=O)c1ccc(NC)cc1. The normalized spacial score (nSPS) is 10.1. The van der Waals surface area contributed by atoms with Gasteiger partial charge >= 0.3 is 0 Å². The Morgan fingerprint density at radius 2 is 1.79 bits per heavy atom. The Labute approximate surface area is 85.4 Å². The van der Waals surface area contributed by atoms with Crippen LogP contribution in [0.25, 0.3) is 0 Å². The van der Waals surface area contributed by atoms with E-state index in [-0.39, 0.29) is 12.3 Å². The fraction of sp³-hybridized carbons (Fsp3) is 0.200. The highest BCUT2D eigenvalue weighted by atomic mass is 32.2. The van der Waals surface area contributed by atoms with E-state index in [4.69, 9.17) is 0 Å². The molecule has 4 heteroatoms. The third kappa shape index (κ3) is 2.60. The van der Waals surface area contributed by atoms with Gasteiger partial charge in [-0.1, -0.05) is 14.0 Å². The molecule has 0 radical (unpaired) electrons. The molecular formula is C10H15NO2S. The Hall–Kier alpha value is -1.29. The predicted octanol–water partition coefficient (Wildman–Crippen LogP) is 2.28. The Morgan fingerprint density at radius 1 is 1.29 bits per heavy atom. The second kappa shape index (κ2) is 4.81. The fourth-order valence-corrected chi connectivity index (χ4v) is 1.62. The second-order valence-electron chi connectivity index (χ2n) is 2.49. The van der Waals surface area contributed by atoms with Gasteiger partial charge in [0.15, 0.2) is 9.84 Å². The highest BCUT2D eigenvalue weighted by Gasteiger charge is 2.07. The molecule has 3 nitrogen and oxygen atoms in total. The van der Waals surface area contributed by atoms with Crippen LogP contribution in [0, 0.1) is 0 Å². The van der Waals surface area contributed by atoms with Crippen molar-refractivity contribution in [3.8, 4) is 0 Å². The second-order valence-corrected chi connectivity index (χ2v) is 4.38. The smallest absolute Gasteiger partial charge is 0.199 e. The van der Waals surface area contributed by atoms with Crippen LogP contribution < -0.4 is 5.32 Å². The molecule has 0 aliphatic heterocycles. The highest BCUT2D eigenvalue weighted by Crippen LogP contribution is 2.14. The van der Waals surface area contributed by atoms with E-state index >= 15 is 0 Å². The number of hydrogen-bond donors (Lipinski definition) is 1. The van der Waals surface area contributed by atoms with Gasteiger partial charge in [0.2, 0.25) is 0 Å². The zero-order valence-corrected chi connectivity index (χ0v) is 8.14. The monoisotopic (exact) mass is 213 g/mol. The van der Waals surface area contributed by atoms with Gasteiger partial charge < -0.3 is 5.32 Å². The number of hydrogen-bond acceptors (Lipinski definition) is 3. The van der Waals surface area contributed by atoms with E-state index < -0.39 is 9.84 Å². The van der Waals surface area contributed by atoms with E-state index in [1.54, 1.807) is 31.3 Å². The summed E-state index contributed by atoms with van der Waals surface area (Å²) in [5.74, 6) is 0. The Bertz CT molecular complexity index is 393. The van der Waals surface area contributed by atoms with Crippen molar-refractivity contribution in [1.82, 2.24) is 0 Å². The van der Waals surface area contributed by atoms with Crippen LogP contribution >= 0.6 is 0 Å². The van der Waals surface area contributed by atoms with Crippen molar-refractivity contribution in [3.63, 3.8) is 0 Å². The van der Waals surface area contributed by atoms with Gasteiger partial charge in [-0.15, -0.1) is 0 Å². The van der Waals surface area contributed by atoms with Crippen LogP contribution in [-0.4, -0.2) is 15.5 Å². The van der Waals surface area contributed by atoms with Crippen LogP contribution in [0.1, 0.15) is 7.43 Å². The summed E-state index contributed by atoms with van der Waals surface area (Å²) in [7, 11) is -1.51. The van der Waals surface area contributed by atoms with E-state index in [0.717, 1.165) is 11.1 Å². The lowest BCUT2D eigenvalue weighted by Gasteiger charge is -2.01. The molecule has 0 amide bonds. The number of sulfone groups is 1. The zero-order valence-electron chi connectivity index (χ0n) is 7.32. The summed E-state index contributed by atoms with van der Waals surface area (Å²) in [5, 5.41) is 3.85. The van der Waals surface area contributed by atoms with Crippen molar-refractivity contribution >= 4 is 15.5 Å². The van der Waals surface area contributed by atoms with Gasteiger partial charge in [-0.3, -0.25) is 0 Å². The molecule has 1 aromatic rings. The standard InChI is InChI=1S/C9H11NO2S.CH4/c1-3-13(11,12)9-6-4-8(10-2)5-7-9;/h3-7,10H,1H2,2H3;1H4. The number of anilines is 1. The van der Waals surface area contributed by atoms with Crippen LogP contribution in [0.5, 0.6) is 0 Å². The van der Waals surface area contributed by atoms with Crippen molar-refractivity contribution in [2.24, 2.45) is 0 Å². The highest BCUT2D eigenvalue weighted by molar-refractivity contribution is 7.94. The first-order valence-corrected chi connectivity index (χ1v) is 5.30. The first-order valence-electron chi connectivity index (χ1n) is 3.75. The summed E-state index contributed by atoms with van der Waals surface area (Å²) < 4.78 is 22.5. The van der Waals surface area contributed by atoms with Crippen LogP contribution in [0.3, 0.4) is 0 Å². The van der Waals surface area contributed by atoms with Crippen molar-refractivity contribution in [1.29, 1.82) is 0 Å². The van der Waals surface area contributed by atoms with Crippen LogP contribution in [0.4, 0.5) is 5.69 Å². The minimum Gasteiger partial charge on any atom is -0.388 e. The van der Waals surface area contributed by atoms with Crippen molar-refractivity contribution in [2.45, 2.75) is 12.3 Å². The molecule has 1 aromatic carbocycles. The molecule has 0 aliphatic carbocycles. The maximum Gasteiger partial charge on any atom is 0.199 e. The molecule has 0 heterocycles. The van der Waals surface area contributed by atoms with Gasteiger partial charge in [0.25, 0.3) is 0 Å². The van der Waals surface area contributed by atoms with Crippen LogP contribution in [0.15, 0.2) is 41.1 Å². The molecule has 0 saturated heterocycles. The molecular weight excluding hydrogens is 198 g/mol. The van der Waals surface area contributed by atoms with Gasteiger partial charge in [-0.25, -0.2) is 8.42 Å². The lowest BCUT2D eigenvalue weighted by molar-refractivity contribution is 0.605. The third-order valence-electron chi connectivity index (χ3n) is 1.69. The molecule has 0 saturated carbocycles. The van der Waals surface area contributed by atoms with Crippen LogP contribution in [0.2, 0.25) is 0 Å². The van der Waals surface area contributed by atoms with E-state index in [9.17, 15) is 8.42 Å². The minimum absolute atomic E-state index is 0. The summed E-state index contributed by atoms with van der Waals surface area (Å²) in [6.45, 7) is 3.25. The largest absolute Gasteiger partial charge is 0.388 e. The maximum atomic E-state index is 11.3. The molecule has 0 atom stereocenters. The summed E-state index contributed by atoms with van der Waals surface area (Å²) in [5.41, 5.74) is 0.878. The van der Waals surface area contributed by atoms with Gasteiger partial charge in [-0.2, -0.15) is 0 Å². The van der Waals surface area contributed by atoms with Gasteiger partial charge in [0, 0.05) is 18.1 Å². The molecule has 0 unspecified atom stereocenters. The molecule has 0 spiro atoms. The summed E-state index contributed by atoms with van der Waals surface area (Å²) >= 11 is 0. The predicted molar refractivity (Wildman–Crippen MR) is 60.1 cm³/mol. The number of nitrogens with one attached hydrogen (secondary N) is 1. The quantitative estimate of drug-likeness (QED) is 0.838. The number of benzene rings is 1. The zero-order chi connectivity index (χ0) is 9.90. The third-order valence-corrected chi connectivity index (χ3v) is 3.06. The summed E-state index contributed by atoms with van der Waals surface area (Å²) in [4.78, 5) is 0.265. The molecule has 78 valence electrons. The topological polar surface area (TPSA) is 46.2 Å². The maximum absolute atomic E-state index is 11.3. The molecule has 0 fully saturated rings. The molecule has 0 aromatic heterocycles. The van der Waals surface area contributed by atoms with Crippen molar-refractivity contribution in [3.05, 3.63) is 36.3 Å². The molecule has 0 aliphatic rings. The van der Waals surface area contributed by atoms with E-state index in [1.165, 1.54) is 0 Å². The van der Waals surface area contributed by atoms with Crippen molar-refractivity contribution in [2.75, 3.05) is 12.4 Å². The van der Waals surface area contributed by atoms with Crippen LogP contribution in [-0.2, 0) is 9.84 Å². The van der Waals surface area contributed by atoms with Gasteiger partial charge in [-0.05, 0) is 24.3 Å². The molecule has 1 N–H and O–H groups in total. The van der Waals surface area contributed by atoms with Crippen molar-refractivity contribution < 1.29 is 8.42 Å². The van der Waals surface area contributed by atoms with E-state index in [1.807, 2.05) is 0 Å². The fourth-order valence-electron chi connectivity index (χ4n) is 0.908. The molecule has 14 heavy (non-hydrogen) atoms. The molecule has 0 bridgehead atoms. The Balaban J connectivity index is 0.00000169. The molecule has 1 rings (SSSR count).